The van der Waals surface area contributed by atoms with Crippen LogP contribution in [0.15, 0.2) is 5.16 Å². The second kappa shape index (κ2) is 5.86. The molecule has 0 bridgehead atoms. The Balaban J connectivity index is 2.30. The molecule has 82 valence electrons. The van der Waals surface area contributed by atoms with Crippen LogP contribution in [0.3, 0.4) is 0 Å². The van der Waals surface area contributed by atoms with Gasteiger partial charge in [0, 0.05) is 18.5 Å². The molecule has 1 fully saturated rings. The molecule has 1 saturated carbocycles. The van der Waals surface area contributed by atoms with Crippen LogP contribution < -0.4 is 11.1 Å². The molecule has 1 atom stereocenters. The van der Waals surface area contributed by atoms with E-state index < -0.39 is 0 Å². The van der Waals surface area contributed by atoms with Gasteiger partial charge in [-0.3, -0.25) is 0 Å². The van der Waals surface area contributed by atoms with Crippen molar-refractivity contribution in [2.24, 2.45) is 10.9 Å². The van der Waals surface area contributed by atoms with Crippen molar-refractivity contribution in [3.05, 3.63) is 0 Å². The summed E-state index contributed by atoms with van der Waals surface area (Å²) < 4.78 is 0. The van der Waals surface area contributed by atoms with E-state index in [-0.39, 0.29) is 0 Å². The maximum atomic E-state index is 8.48. The molecule has 4 heteroatoms. The van der Waals surface area contributed by atoms with Crippen LogP contribution in [0.25, 0.3) is 0 Å². The van der Waals surface area contributed by atoms with Crippen molar-refractivity contribution in [3.8, 4) is 0 Å². The van der Waals surface area contributed by atoms with E-state index in [0.29, 0.717) is 24.3 Å². The van der Waals surface area contributed by atoms with E-state index in [9.17, 15) is 0 Å². The van der Waals surface area contributed by atoms with Crippen molar-refractivity contribution >= 4 is 5.84 Å². The Morgan fingerprint density at radius 3 is 2.71 bits per heavy atom. The van der Waals surface area contributed by atoms with Gasteiger partial charge < -0.3 is 16.3 Å². The third-order valence-corrected chi connectivity index (χ3v) is 2.90. The van der Waals surface area contributed by atoms with Gasteiger partial charge in [-0.25, -0.2) is 0 Å². The highest BCUT2D eigenvalue weighted by molar-refractivity contribution is 5.80. The van der Waals surface area contributed by atoms with Crippen LogP contribution in [-0.4, -0.2) is 23.1 Å². The normalized spacial score (nSPS) is 21.4. The van der Waals surface area contributed by atoms with Gasteiger partial charge in [-0.05, 0) is 19.3 Å². The zero-order valence-corrected chi connectivity index (χ0v) is 8.87. The quantitative estimate of drug-likeness (QED) is 0.271. The first-order chi connectivity index (χ1) is 6.76. The van der Waals surface area contributed by atoms with Crippen LogP contribution in [-0.2, 0) is 0 Å². The van der Waals surface area contributed by atoms with Crippen LogP contribution >= 0.6 is 0 Å². The lowest BCUT2D eigenvalue weighted by Crippen LogP contribution is -2.39. The zero-order chi connectivity index (χ0) is 10.4. The lowest BCUT2D eigenvalue weighted by Gasteiger charge is -2.20. The summed E-state index contributed by atoms with van der Waals surface area (Å²) in [6.45, 7) is 2.12. The molecule has 0 saturated heterocycles. The third-order valence-electron chi connectivity index (χ3n) is 2.90. The molecule has 4 nitrogen and oxygen atoms in total. The van der Waals surface area contributed by atoms with Crippen molar-refractivity contribution < 1.29 is 5.21 Å². The Morgan fingerprint density at radius 2 is 2.21 bits per heavy atom. The topological polar surface area (TPSA) is 70.6 Å². The fourth-order valence-electron chi connectivity index (χ4n) is 2.04. The van der Waals surface area contributed by atoms with Gasteiger partial charge in [0.2, 0.25) is 0 Å². The second-order valence-corrected chi connectivity index (χ2v) is 4.05. The Labute approximate surface area is 85.6 Å². The van der Waals surface area contributed by atoms with E-state index in [2.05, 4.69) is 17.4 Å². The molecule has 1 aliphatic carbocycles. The standard InChI is InChI=1S/C10H21N3O/c1-2-8(7-10(11)13-14)12-9-5-3-4-6-9/h8-9,12,14H,2-7H2,1H3,(H2,11,13). The molecule has 0 heterocycles. The first kappa shape index (κ1) is 11.3. The lowest BCUT2D eigenvalue weighted by molar-refractivity contribution is 0.314. The summed E-state index contributed by atoms with van der Waals surface area (Å²) in [7, 11) is 0. The van der Waals surface area contributed by atoms with Crippen LogP contribution in [0.5, 0.6) is 0 Å². The van der Waals surface area contributed by atoms with Gasteiger partial charge in [0.25, 0.3) is 0 Å². The average molecular weight is 199 g/mol. The summed E-state index contributed by atoms with van der Waals surface area (Å²) in [6.07, 6.45) is 6.87. The molecule has 1 rings (SSSR count). The van der Waals surface area contributed by atoms with Gasteiger partial charge in [-0.2, -0.15) is 0 Å². The number of hydrogen-bond acceptors (Lipinski definition) is 3. The van der Waals surface area contributed by atoms with E-state index in [0.717, 1.165) is 6.42 Å². The number of nitrogens with one attached hydrogen (secondary N) is 1. The van der Waals surface area contributed by atoms with E-state index >= 15 is 0 Å². The molecular formula is C10H21N3O. The van der Waals surface area contributed by atoms with Crippen molar-refractivity contribution in [2.75, 3.05) is 0 Å². The Kier molecular flexibility index (Phi) is 4.73. The molecule has 1 unspecified atom stereocenters. The van der Waals surface area contributed by atoms with Gasteiger partial charge in [0.15, 0.2) is 0 Å². The molecular weight excluding hydrogens is 178 g/mol. The minimum absolute atomic E-state index is 0.322. The third kappa shape index (κ3) is 3.54. The summed E-state index contributed by atoms with van der Waals surface area (Å²) in [6, 6.07) is 1.00. The number of nitrogens with zero attached hydrogens (tertiary/aromatic N) is 1. The summed E-state index contributed by atoms with van der Waals surface area (Å²) >= 11 is 0. The molecule has 0 aliphatic heterocycles. The highest BCUT2D eigenvalue weighted by Crippen LogP contribution is 2.19. The predicted molar refractivity (Wildman–Crippen MR) is 57.5 cm³/mol. The van der Waals surface area contributed by atoms with Gasteiger partial charge in [0.05, 0.1) is 0 Å². The molecule has 14 heavy (non-hydrogen) atoms. The van der Waals surface area contributed by atoms with Gasteiger partial charge in [-0.15, -0.1) is 0 Å². The summed E-state index contributed by atoms with van der Waals surface area (Å²) in [4.78, 5) is 0. The molecule has 0 amide bonds. The zero-order valence-electron chi connectivity index (χ0n) is 8.87. The number of rotatable bonds is 5. The smallest absolute Gasteiger partial charge is 0.140 e. The molecule has 4 N–H and O–H groups in total. The van der Waals surface area contributed by atoms with Gasteiger partial charge in [-0.1, -0.05) is 24.9 Å². The molecule has 0 radical (unpaired) electrons. The highest BCUT2D eigenvalue weighted by atomic mass is 16.4. The summed E-state index contributed by atoms with van der Waals surface area (Å²) in [5, 5.41) is 15.0. The van der Waals surface area contributed by atoms with Crippen LogP contribution in [0.4, 0.5) is 0 Å². The molecule has 0 aromatic heterocycles. The van der Waals surface area contributed by atoms with E-state index in [1.54, 1.807) is 0 Å². The monoisotopic (exact) mass is 199 g/mol. The van der Waals surface area contributed by atoms with Gasteiger partial charge in [0.1, 0.15) is 5.84 Å². The minimum atomic E-state index is 0.322. The SMILES string of the molecule is CCC(CC(N)=NO)NC1CCCC1. The highest BCUT2D eigenvalue weighted by Gasteiger charge is 2.18. The van der Waals surface area contributed by atoms with E-state index in [1.807, 2.05) is 0 Å². The van der Waals surface area contributed by atoms with Crippen molar-refractivity contribution in [1.29, 1.82) is 0 Å². The fourth-order valence-corrected chi connectivity index (χ4v) is 2.04. The summed E-state index contributed by atoms with van der Waals surface area (Å²) in [5.74, 6) is 0.322. The van der Waals surface area contributed by atoms with Crippen LogP contribution in [0.1, 0.15) is 45.4 Å². The van der Waals surface area contributed by atoms with E-state index in [1.165, 1.54) is 25.7 Å². The molecule has 0 aromatic rings. The van der Waals surface area contributed by atoms with E-state index in [4.69, 9.17) is 10.9 Å². The average Bonchev–Trinajstić information content (AvgIpc) is 2.69. The summed E-state index contributed by atoms with van der Waals surface area (Å²) in [5.41, 5.74) is 5.48. The second-order valence-electron chi connectivity index (χ2n) is 4.05. The molecule has 0 spiro atoms. The maximum absolute atomic E-state index is 8.48. The number of oxime groups is 1. The van der Waals surface area contributed by atoms with Crippen molar-refractivity contribution in [1.82, 2.24) is 5.32 Å². The first-order valence-corrected chi connectivity index (χ1v) is 5.48. The fraction of sp³-hybridized carbons (Fsp3) is 0.900. The van der Waals surface area contributed by atoms with Crippen LogP contribution in [0.2, 0.25) is 0 Å². The van der Waals surface area contributed by atoms with Crippen molar-refractivity contribution in [3.63, 3.8) is 0 Å². The largest absolute Gasteiger partial charge is 0.409 e. The lowest BCUT2D eigenvalue weighted by atomic mass is 10.1. The van der Waals surface area contributed by atoms with Crippen molar-refractivity contribution in [2.45, 2.75) is 57.5 Å². The Hall–Kier alpha value is -0.770. The number of hydrogen-bond donors (Lipinski definition) is 3. The Morgan fingerprint density at radius 1 is 1.57 bits per heavy atom. The first-order valence-electron chi connectivity index (χ1n) is 5.48. The minimum Gasteiger partial charge on any atom is -0.409 e. The molecule has 0 aromatic carbocycles. The van der Waals surface area contributed by atoms with Crippen LogP contribution in [0, 0.1) is 0 Å². The number of nitrogens with two attached hydrogens (primary N) is 1. The molecule has 1 aliphatic rings. The van der Waals surface area contributed by atoms with Gasteiger partial charge >= 0.3 is 0 Å². The predicted octanol–water partition coefficient (Wildman–Crippen LogP) is 1.43. The maximum Gasteiger partial charge on any atom is 0.140 e. The Bertz CT molecular complexity index is 188. The number of amidine groups is 1.